The fourth-order valence-corrected chi connectivity index (χ4v) is 1.81. The van der Waals surface area contributed by atoms with Crippen LogP contribution in [0, 0.1) is 5.92 Å². The largest absolute Gasteiger partial charge is 0.381 e. The first kappa shape index (κ1) is 10.8. The van der Waals surface area contributed by atoms with Crippen LogP contribution in [0.3, 0.4) is 0 Å². The molecule has 1 fully saturated rings. The second-order valence-corrected chi connectivity index (χ2v) is 4.60. The molecule has 0 radical (unpaired) electrons. The zero-order valence-electron chi connectivity index (χ0n) is 8.45. The number of halogens is 1. The Kier molecular flexibility index (Phi) is 3.91. The van der Waals surface area contributed by atoms with Crippen LogP contribution in [-0.2, 0) is 4.74 Å². The average Bonchev–Trinajstić information content (AvgIpc) is 2.30. The number of nitrogens with one attached hydrogen (secondary N) is 1. The molecule has 2 rings (SSSR count). The molecule has 1 N–H and O–H groups in total. The van der Waals surface area contributed by atoms with Gasteiger partial charge in [0.05, 0.1) is 11.1 Å². The Morgan fingerprint density at radius 3 is 2.93 bits per heavy atom. The highest BCUT2D eigenvalue weighted by molar-refractivity contribution is 9.10. The van der Waals surface area contributed by atoms with Crippen molar-refractivity contribution in [1.29, 1.82) is 0 Å². The molecule has 0 saturated carbocycles. The van der Waals surface area contributed by atoms with Gasteiger partial charge in [-0.25, -0.2) is 9.97 Å². The summed E-state index contributed by atoms with van der Waals surface area (Å²) in [7, 11) is 0. The van der Waals surface area contributed by atoms with E-state index in [4.69, 9.17) is 4.74 Å². The monoisotopic (exact) mass is 271 g/mol. The minimum Gasteiger partial charge on any atom is -0.381 e. The summed E-state index contributed by atoms with van der Waals surface area (Å²) in [5.41, 5.74) is 0. The molecule has 0 spiro atoms. The van der Waals surface area contributed by atoms with Crippen LogP contribution in [-0.4, -0.2) is 29.7 Å². The van der Waals surface area contributed by atoms with Gasteiger partial charge in [-0.1, -0.05) is 0 Å². The third-order valence-electron chi connectivity index (χ3n) is 2.42. The molecule has 1 aromatic heterocycles. The fraction of sp³-hybridized carbons (Fsp3) is 0.600. The zero-order valence-corrected chi connectivity index (χ0v) is 10.0. The maximum Gasteiger partial charge on any atom is 0.222 e. The number of nitrogens with zero attached hydrogens (tertiary/aromatic N) is 2. The van der Waals surface area contributed by atoms with Crippen molar-refractivity contribution in [2.75, 3.05) is 25.1 Å². The molecule has 0 aliphatic carbocycles. The lowest BCUT2D eigenvalue weighted by Crippen LogP contribution is -2.24. The highest BCUT2D eigenvalue weighted by atomic mass is 79.9. The van der Waals surface area contributed by atoms with E-state index in [2.05, 4.69) is 31.2 Å². The van der Waals surface area contributed by atoms with Crippen molar-refractivity contribution in [2.24, 2.45) is 5.92 Å². The zero-order chi connectivity index (χ0) is 10.5. The topological polar surface area (TPSA) is 47.0 Å². The first-order valence-corrected chi connectivity index (χ1v) is 5.93. The quantitative estimate of drug-likeness (QED) is 0.915. The molecule has 0 bridgehead atoms. The Labute approximate surface area is 97.6 Å². The maximum atomic E-state index is 5.40. The van der Waals surface area contributed by atoms with Gasteiger partial charge in [-0.2, -0.15) is 0 Å². The minimum atomic E-state index is 0.589. The van der Waals surface area contributed by atoms with Gasteiger partial charge in [0.1, 0.15) is 0 Å². The van der Waals surface area contributed by atoms with E-state index in [-0.39, 0.29) is 0 Å². The first-order chi connectivity index (χ1) is 7.34. The highest BCUT2D eigenvalue weighted by Crippen LogP contribution is 2.14. The van der Waals surface area contributed by atoms with Crippen LogP contribution in [0.25, 0.3) is 0 Å². The summed E-state index contributed by atoms with van der Waals surface area (Å²) in [5, 5.41) is 3.22. The predicted octanol–water partition coefficient (Wildman–Crippen LogP) is 2.08. The number of aromatic nitrogens is 2. The van der Waals surface area contributed by atoms with Crippen LogP contribution in [0.2, 0.25) is 0 Å². The molecule has 0 amide bonds. The third-order valence-corrected chi connectivity index (χ3v) is 2.83. The molecule has 4 nitrogen and oxygen atoms in total. The summed E-state index contributed by atoms with van der Waals surface area (Å²) in [6.45, 7) is 2.65. The van der Waals surface area contributed by atoms with Crippen molar-refractivity contribution < 1.29 is 4.74 Å². The lowest BCUT2D eigenvalue weighted by Gasteiger charge is -2.22. The molecule has 5 heteroatoms. The van der Waals surface area contributed by atoms with Crippen molar-refractivity contribution in [3.63, 3.8) is 0 Å². The van der Waals surface area contributed by atoms with Gasteiger partial charge in [-0.05, 0) is 34.7 Å². The molecule has 1 unspecified atom stereocenters. The van der Waals surface area contributed by atoms with Crippen LogP contribution in [0.5, 0.6) is 0 Å². The standard InChI is InChI=1S/C10H14BrN3O/c11-9-5-13-10(14-6-9)12-4-8-2-1-3-15-7-8/h5-6,8H,1-4,7H2,(H,12,13,14). The van der Waals surface area contributed by atoms with E-state index in [0.717, 1.165) is 30.7 Å². The van der Waals surface area contributed by atoms with Crippen LogP contribution in [0.15, 0.2) is 16.9 Å². The second-order valence-electron chi connectivity index (χ2n) is 3.69. The van der Waals surface area contributed by atoms with Crippen LogP contribution in [0.4, 0.5) is 5.95 Å². The molecular weight excluding hydrogens is 258 g/mol. The molecule has 1 aliphatic rings. The van der Waals surface area contributed by atoms with E-state index in [9.17, 15) is 0 Å². The van der Waals surface area contributed by atoms with E-state index < -0.39 is 0 Å². The lowest BCUT2D eigenvalue weighted by molar-refractivity contribution is 0.0594. The van der Waals surface area contributed by atoms with Crippen molar-refractivity contribution in [3.05, 3.63) is 16.9 Å². The number of ether oxygens (including phenoxy) is 1. The summed E-state index contributed by atoms with van der Waals surface area (Å²) in [4.78, 5) is 8.31. The Morgan fingerprint density at radius 2 is 2.27 bits per heavy atom. The number of hydrogen-bond donors (Lipinski definition) is 1. The van der Waals surface area contributed by atoms with Crippen molar-refractivity contribution >= 4 is 21.9 Å². The molecule has 2 heterocycles. The summed E-state index contributed by atoms with van der Waals surface area (Å²) in [6, 6.07) is 0. The summed E-state index contributed by atoms with van der Waals surface area (Å²) in [5.74, 6) is 1.27. The predicted molar refractivity (Wildman–Crippen MR) is 61.8 cm³/mol. The number of anilines is 1. The average molecular weight is 272 g/mol. The summed E-state index contributed by atoms with van der Waals surface area (Å²) >= 11 is 3.30. The van der Waals surface area contributed by atoms with Crippen molar-refractivity contribution in [3.8, 4) is 0 Å². The van der Waals surface area contributed by atoms with E-state index in [0.29, 0.717) is 11.9 Å². The third kappa shape index (κ3) is 3.43. The summed E-state index contributed by atoms with van der Waals surface area (Å²) < 4.78 is 6.30. The van der Waals surface area contributed by atoms with Crippen LogP contribution >= 0.6 is 15.9 Å². The van der Waals surface area contributed by atoms with E-state index in [1.165, 1.54) is 6.42 Å². The lowest BCUT2D eigenvalue weighted by atomic mass is 10.0. The van der Waals surface area contributed by atoms with Gasteiger partial charge in [0.15, 0.2) is 0 Å². The normalized spacial score (nSPS) is 21.3. The molecular formula is C10H14BrN3O. The Bertz CT molecular complexity index is 298. The number of rotatable bonds is 3. The fourth-order valence-electron chi connectivity index (χ4n) is 1.61. The Hall–Kier alpha value is -0.680. The Balaban J connectivity index is 1.79. The van der Waals surface area contributed by atoms with Gasteiger partial charge in [-0.3, -0.25) is 0 Å². The Morgan fingerprint density at radius 1 is 1.47 bits per heavy atom. The minimum absolute atomic E-state index is 0.589. The highest BCUT2D eigenvalue weighted by Gasteiger charge is 2.13. The molecule has 0 aromatic carbocycles. The van der Waals surface area contributed by atoms with E-state index in [1.54, 1.807) is 12.4 Å². The van der Waals surface area contributed by atoms with Gasteiger partial charge in [0, 0.05) is 25.5 Å². The van der Waals surface area contributed by atoms with Crippen LogP contribution < -0.4 is 5.32 Å². The van der Waals surface area contributed by atoms with Gasteiger partial charge in [0.25, 0.3) is 0 Å². The maximum absolute atomic E-state index is 5.40. The van der Waals surface area contributed by atoms with E-state index >= 15 is 0 Å². The number of hydrogen-bond acceptors (Lipinski definition) is 4. The molecule has 15 heavy (non-hydrogen) atoms. The second kappa shape index (κ2) is 5.42. The first-order valence-electron chi connectivity index (χ1n) is 5.14. The van der Waals surface area contributed by atoms with Gasteiger partial charge in [0.2, 0.25) is 5.95 Å². The molecule has 82 valence electrons. The van der Waals surface area contributed by atoms with Crippen LogP contribution in [0.1, 0.15) is 12.8 Å². The summed E-state index contributed by atoms with van der Waals surface area (Å²) in [6.07, 6.45) is 5.87. The smallest absolute Gasteiger partial charge is 0.222 e. The van der Waals surface area contributed by atoms with E-state index in [1.807, 2.05) is 0 Å². The van der Waals surface area contributed by atoms with Gasteiger partial charge < -0.3 is 10.1 Å². The van der Waals surface area contributed by atoms with Crippen molar-refractivity contribution in [2.45, 2.75) is 12.8 Å². The molecule has 1 atom stereocenters. The van der Waals surface area contributed by atoms with Gasteiger partial charge in [-0.15, -0.1) is 0 Å². The van der Waals surface area contributed by atoms with Gasteiger partial charge >= 0.3 is 0 Å². The molecule has 1 aliphatic heterocycles. The molecule has 1 saturated heterocycles. The molecule has 1 aromatic rings. The SMILES string of the molecule is Brc1cnc(NCC2CCCOC2)nc1. The van der Waals surface area contributed by atoms with Crippen molar-refractivity contribution in [1.82, 2.24) is 9.97 Å².